The molecule has 7 nitrogen and oxygen atoms in total. The van der Waals surface area contributed by atoms with Crippen LogP contribution in [0.25, 0.3) is 0 Å². The first-order chi connectivity index (χ1) is 18.0. The number of rotatable bonds is 14. The van der Waals surface area contributed by atoms with Crippen LogP contribution in [-0.4, -0.2) is 58.2 Å². The molecule has 0 unspecified atom stereocenters. The second kappa shape index (κ2) is 13.3. The van der Waals surface area contributed by atoms with Crippen LogP contribution in [0.15, 0.2) is 85.0 Å². The molecule has 0 radical (unpaired) electrons. The van der Waals surface area contributed by atoms with E-state index in [2.05, 4.69) is 13.2 Å². The van der Waals surface area contributed by atoms with Crippen LogP contribution in [0.1, 0.15) is 13.8 Å². The fraction of sp³-hybridized carbons (Fsp3) is 0.357. The molecule has 0 aromatic heterocycles. The number of esters is 2. The third-order valence-corrected chi connectivity index (χ3v) is 20.0. The fourth-order valence-electron chi connectivity index (χ4n) is 3.94. The Kier molecular flexibility index (Phi) is 11.2. The van der Waals surface area contributed by atoms with E-state index in [4.69, 9.17) is 21.8 Å². The van der Waals surface area contributed by atoms with Gasteiger partial charge in [-0.1, -0.05) is 73.8 Å². The molecular formula is C28H42O7Si4. The summed E-state index contributed by atoms with van der Waals surface area (Å²) >= 11 is 0. The van der Waals surface area contributed by atoms with Crippen molar-refractivity contribution in [3.8, 4) is 0 Å². The van der Waals surface area contributed by atoms with Crippen molar-refractivity contribution in [1.29, 1.82) is 0 Å². The van der Waals surface area contributed by atoms with E-state index in [-0.39, 0.29) is 12.5 Å². The topological polar surface area (TPSA) is 80.3 Å². The Balaban J connectivity index is 2.53. The minimum Gasteiger partial charge on any atom is -0.463 e. The molecule has 0 spiro atoms. The maximum absolute atomic E-state index is 12.2. The Morgan fingerprint density at radius 2 is 0.974 bits per heavy atom. The van der Waals surface area contributed by atoms with Gasteiger partial charge in [0, 0.05) is 11.1 Å². The average Bonchev–Trinajstić information content (AvgIpc) is 2.85. The number of benzene rings is 2. The van der Waals surface area contributed by atoms with Gasteiger partial charge in [0.1, 0.15) is 12.5 Å². The van der Waals surface area contributed by atoms with Gasteiger partial charge in [0.2, 0.25) is 16.6 Å². The van der Waals surface area contributed by atoms with Crippen molar-refractivity contribution in [2.75, 3.05) is 12.5 Å². The molecule has 0 aliphatic heterocycles. The van der Waals surface area contributed by atoms with Gasteiger partial charge in [0.25, 0.3) is 0 Å². The lowest BCUT2D eigenvalue weighted by molar-refractivity contribution is -0.138. The molecular weight excluding hydrogens is 561 g/mol. The fourth-order valence-corrected chi connectivity index (χ4v) is 21.1. The van der Waals surface area contributed by atoms with Crippen LogP contribution in [0.5, 0.6) is 0 Å². The second-order valence-electron chi connectivity index (χ2n) is 11.3. The lowest BCUT2D eigenvalue weighted by Gasteiger charge is -2.44. The van der Waals surface area contributed by atoms with E-state index in [9.17, 15) is 9.59 Å². The van der Waals surface area contributed by atoms with Gasteiger partial charge in [-0.15, -0.1) is 0 Å². The van der Waals surface area contributed by atoms with Crippen molar-refractivity contribution in [3.05, 3.63) is 85.0 Å². The van der Waals surface area contributed by atoms with E-state index in [1.54, 1.807) is 13.8 Å². The molecule has 0 atom stereocenters. The minimum atomic E-state index is -3.40. The van der Waals surface area contributed by atoms with E-state index in [0.717, 1.165) is 10.4 Å². The molecule has 2 aromatic rings. The van der Waals surface area contributed by atoms with Crippen molar-refractivity contribution >= 4 is 56.1 Å². The normalized spacial score (nSPS) is 12.5. The summed E-state index contributed by atoms with van der Waals surface area (Å²) in [5.74, 6) is -0.876. The molecule has 0 amide bonds. The minimum absolute atomic E-state index is 0.149. The summed E-state index contributed by atoms with van der Waals surface area (Å²) in [5, 5.41) is 1.86. The smallest absolute Gasteiger partial charge is 0.388 e. The highest BCUT2D eigenvalue weighted by molar-refractivity contribution is 7.02. The van der Waals surface area contributed by atoms with Gasteiger partial charge < -0.3 is 21.8 Å². The Labute approximate surface area is 237 Å². The summed E-state index contributed by atoms with van der Waals surface area (Å²) in [6.07, 6.45) is 0.331. The SMILES string of the molecule is C=C(C)C(=O)OC[Si](C)(C)O[Si](C)(C)O[Si](O[Si](C)(C)COC(=O)C(=C)C)(c1ccccc1)c1ccccc1. The molecule has 212 valence electrons. The number of carbonyl (C=O) groups excluding carboxylic acids is 2. The number of carbonyl (C=O) groups is 2. The Morgan fingerprint density at radius 1 is 0.615 bits per heavy atom. The zero-order chi connectivity index (χ0) is 29.5. The van der Waals surface area contributed by atoms with E-state index in [0.29, 0.717) is 11.1 Å². The predicted octanol–water partition coefficient (Wildman–Crippen LogP) is 4.72. The molecule has 0 fully saturated rings. The van der Waals surface area contributed by atoms with Gasteiger partial charge in [0.15, 0.2) is 0 Å². The van der Waals surface area contributed by atoms with Crippen molar-refractivity contribution < 1.29 is 31.4 Å². The Hall–Kier alpha value is -2.39. The maximum Gasteiger partial charge on any atom is 0.388 e. The van der Waals surface area contributed by atoms with E-state index in [1.807, 2.05) is 99.9 Å². The first kappa shape index (κ1) is 32.8. The maximum atomic E-state index is 12.2. The van der Waals surface area contributed by atoms with E-state index in [1.165, 1.54) is 0 Å². The monoisotopic (exact) mass is 602 g/mol. The third kappa shape index (κ3) is 9.94. The molecule has 39 heavy (non-hydrogen) atoms. The first-order valence-corrected chi connectivity index (χ1v) is 23.7. The zero-order valence-electron chi connectivity index (χ0n) is 24.5. The molecule has 0 N–H and O–H groups in total. The van der Waals surface area contributed by atoms with Crippen LogP contribution in [0.3, 0.4) is 0 Å². The lowest BCUT2D eigenvalue weighted by Crippen LogP contribution is -2.72. The molecule has 0 saturated heterocycles. The highest BCUT2D eigenvalue weighted by Crippen LogP contribution is 2.25. The second-order valence-corrected chi connectivity index (χ2v) is 26.5. The lowest BCUT2D eigenvalue weighted by atomic mass is 10.4. The Bertz CT molecular complexity index is 1130. The highest BCUT2D eigenvalue weighted by Gasteiger charge is 2.52. The number of ether oxygens (including phenoxy) is 2. The van der Waals surface area contributed by atoms with Crippen LogP contribution in [0, 0.1) is 0 Å². The first-order valence-electron chi connectivity index (χ1n) is 12.9. The largest absolute Gasteiger partial charge is 0.463 e. The average molecular weight is 603 g/mol. The van der Waals surface area contributed by atoms with Gasteiger partial charge in [-0.3, -0.25) is 0 Å². The predicted molar refractivity (Wildman–Crippen MR) is 165 cm³/mol. The number of hydrogen-bond acceptors (Lipinski definition) is 7. The highest BCUT2D eigenvalue weighted by atomic mass is 28.5. The van der Waals surface area contributed by atoms with E-state index >= 15 is 0 Å². The summed E-state index contributed by atoms with van der Waals surface area (Å²) in [5.41, 5.74) is 0.687. The molecule has 2 rings (SSSR count). The van der Waals surface area contributed by atoms with Crippen molar-refractivity contribution in [2.45, 2.75) is 53.1 Å². The molecule has 0 heterocycles. The van der Waals surface area contributed by atoms with Crippen molar-refractivity contribution in [1.82, 2.24) is 0 Å². The molecule has 0 bridgehead atoms. The van der Waals surface area contributed by atoms with Gasteiger partial charge in [-0.05, 0) is 63.5 Å². The summed E-state index contributed by atoms with van der Waals surface area (Å²) < 4.78 is 32.0. The summed E-state index contributed by atoms with van der Waals surface area (Å²) in [7, 11) is -11.5. The molecule has 0 aliphatic carbocycles. The summed E-state index contributed by atoms with van der Waals surface area (Å²) in [6.45, 7) is 22.6. The quantitative estimate of drug-likeness (QED) is 0.176. The van der Waals surface area contributed by atoms with Crippen LogP contribution < -0.4 is 10.4 Å². The van der Waals surface area contributed by atoms with E-state index < -0.39 is 45.7 Å². The van der Waals surface area contributed by atoms with Gasteiger partial charge in [-0.2, -0.15) is 0 Å². The van der Waals surface area contributed by atoms with Gasteiger partial charge in [0.05, 0.1) is 0 Å². The third-order valence-electron chi connectivity index (χ3n) is 5.44. The Morgan fingerprint density at radius 3 is 1.33 bits per heavy atom. The standard InChI is InChI=1S/C28H42O7Si4/c1-23(2)27(29)31-21-36(5,6)33-38(9,10)35-39(25-17-13-11-14-18-25,26-19-15-12-16-20-26)34-37(7,8)22-32-28(30)24(3)4/h11-20H,1,3,21-22H2,2,4-10H3. The van der Waals surface area contributed by atoms with Gasteiger partial charge in [-0.25, -0.2) is 9.59 Å². The molecule has 0 saturated carbocycles. The summed E-state index contributed by atoms with van der Waals surface area (Å²) in [6, 6.07) is 19.8. The molecule has 2 aromatic carbocycles. The number of hydrogen-bond donors (Lipinski definition) is 0. The van der Waals surface area contributed by atoms with Crippen molar-refractivity contribution in [2.24, 2.45) is 0 Å². The van der Waals surface area contributed by atoms with Crippen LogP contribution in [-0.2, 0) is 31.4 Å². The van der Waals surface area contributed by atoms with Crippen LogP contribution in [0.2, 0.25) is 39.3 Å². The van der Waals surface area contributed by atoms with Crippen molar-refractivity contribution in [3.63, 3.8) is 0 Å². The zero-order valence-corrected chi connectivity index (χ0v) is 28.5. The molecule has 0 aliphatic rings. The summed E-state index contributed by atoms with van der Waals surface area (Å²) in [4.78, 5) is 24.2. The van der Waals surface area contributed by atoms with Crippen LogP contribution in [0.4, 0.5) is 0 Å². The molecule has 11 heteroatoms. The van der Waals surface area contributed by atoms with Gasteiger partial charge >= 0.3 is 29.1 Å². The van der Waals surface area contributed by atoms with Crippen LogP contribution >= 0.6 is 0 Å².